The summed E-state index contributed by atoms with van der Waals surface area (Å²) in [6.07, 6.45) is 1.16. The molecule has 2 rings (SSSR count). The van der Waals surface area contributed by atoms with Gasteiger partial charge in [0.05, 0.1) is 6.54 Å². The zero-order valence-electron chi connectivity index (χ0n) is 10.1. The third-order valence-electron chi connectivity index (χ3n) is 3.63. The van der Waals surface area contributed by atoms with E-state index in [0.717, 1.165) is 19.5 Å². The van der Waals surface area contributed by atoms with E-state index < -0.39 is 0 Å². The van der Waals surface area contributed by atoms with Crippen molar-refractivity contribution in [2.45, 2.75) is 46.2 Å². The molecule has 3 heteroatoms. The molecule has 0 aliphatic carbocycles. The van der Waals surface area contributed by atoms with Crippen LogP contribution in [0.1, 0.15) is 34.1 Å². The first kappa shape index (κ1) is 10.5. The Kier molecular flexibility index (Phi) is 2.49. The summed E-state index contributed by atoms with van der Waals surface area (Å²) >= 11 is 0. The Bertz CT molecular complexity index is 322. The van der Waals surface area contributed by atoms with Crippen LogP contribution < -0.4 is 0 Å². The summed E-state index contributed by atoms with van der Waals surface area (Å²) in [7, 11) is 0. The number of carbonyl (C=O) groups excluding carboxylic acids is 1. The zero-order chi connectivity index (χ0) is 11.2. The van der Waals surface area contributed by atoms with Crippen LogP contribution in [0.4, 0.5) is 0 Å². The molecule has 2 aliphatic rings. The molecule has 0 saturated carbocycles. The fourth-order valence-corrected chi connectivity index (χ4v) is 2.95. The molecule has 2 heterocycles. The Labute approximate surface area is 91.7 Å². The van der Waals surface area contributed by atoms with Gasteiger partial charge in [0.25, 0.3) is 0 Å². The average molecular weight is 208 g/mol. The van der Waals surface area contributed by atoms with Gasteiger partial charge in [-0.2, -0.15) is 0 Å². The highest BCUT2D eigenvalue weighted by molar-refractivity contribution is 5.73. The number of hydrogen-bond acceptors (Lipinski definition) is 2. The summed E-state index contributed by atoms with van der Waals surface area (Å²) < 4.78 is 0. The van der Waals surface area contributed by atoms with Gasteiger partial charge in [-0.25, -0.2) is 0 Å². The Morgan fingerprint density at radius 1 is 1.33 bits per heavy atom. The predicted octanol–water partition coefficient (Wildman–Crippen LogP) is 1.61. The van der Waals surface area contributed by atoms with E-state index in [1.54, 1.807) is 6.92 Å². The van der Waals surface area contributed by atoms with Crippen molar-refractivity contribution in [3.8, 4) is 0 Å². The number of rotatable bonds is 0. The molecular formula is C12H20N2O. The molecule has 1 unspecified atom stereocenters. The van der Waals surface area contributed by atoms with Crippen LogP contribution in [0.2, 0.25) is 0 Å². The molecule has 0 bridgehead atoms. The van der Waals surface area contributed by atoms with E-state index in [2.05, 4.69) is 25.7 Å². The smallest absolute Gasteiger partial charge is 0.219 e. The van der Waals surface area contributed by atoms with Gasteiger partial charge in [0.15, 0.2) is 0 Å². The van der Waals surface area contributed by atoms with E-state index in [1.807, 2.05) is 4.90 Å². The molecule has 0 aromatic rings. The van der Waals surface area contributed by atoms with E-state index in [4.69, 9.17) is 0 Å². The molecule has 84 valence electrons. The molecular weight excluding hydrogens is 188 g/mol. The summed E-state index contributed by atoms with van der Waals surface area (Å²) in [5.74, 6) is 0.196. The van der Waals surface area contributed by atoms with E-state index >= 15 is 0 Å². The molecule has 0 aromatic carbocycles. The minimum absolute atomic E-state index is 0.196. The Balaban J connectivity index is 2.24. The second-order valence-corrected chi connectivity index (χ2v) is 4.94. The van der Waals surface area contributed by atoms with Crippen molar-refractivity contribution in [2.24, 2.45) is 0 Å². The van der Waals surface area contributed by atoms with Gasteiger partial charge >= 0.3 is 0 Å². The highest BCUT2D eigenvalue weighted by Crippen LogP contribution is 2.33. The topological polar surface area (TPSA) is 23.6 Å². The highest BCUT2D eigenvalue weighted by atomic mass is 16.2. The van der Waals surface area contributed by atoms with Gasteiger partial charge in [0, 0.05) is 31.2 Å². The summed E-state index contributed by atoms with van der Waals surface area (Å²) in [6, 6.07) is 1.08. The van der Waals surface area contributed by atoms with Gasteiger partial charge in [-0.05, 0) is 27.2 Å². The molecule has 1 saturated heterocycles. The Hall–Kier alpha value is -0.990. The van der Waals surface area contributed by atoms with E-state index in [-0.39, 0.29) is 5.91 Å². The maximum atomic E-state index is 11.4. The van der Waals surface area contributed by atoms with E-state index in [0.29, 0.717) is 12.1 Å². The third-order valence-corrected chi connectivity index (χ3v) is 3.63. The van der Waals surface area contributed by atoms with Crippen LogP contribution in [0.5, 0.6) is 0 Å². The summed E-state index contributed by atoms with van der Waals surface area (Å²) in [5.41, 5.74) is 2.84. The molecule has 0 radical (unpaired) electrons. The lowest BCUT2D eigenvalue weighted by molar-refractivity contribution is -0.130. The van der Waals surface area contributed by atoms with Crippen molar-refractivity contribution < 1.29 is 4.79 Å². The van der Waals surface area contributed by atoms with Crippen LogP contribution >= 0.6 is 0 Å². The zero-order valence-corrected chi connectivity index (χ0v) is 10.1. The fraction of sp³-hybridized carbons (Fsp3) is 0.750. The molecule has 2 aliphatic heterocycles. The number of amides is 1. The van der Waals surface area contributed by atoms with Crippen molar-refractivity contribution in [3.05, 3.63) is 11.3 Å². The summed E-state index contributed by atoms with van der Waals surface area (Å²) in [6.45, 7) is 10.0. The summed E-state index contributed by atoms with van der Waals surface area (Å²) in [5, 5.41) is 0. The largest absolute Gasteiger partial charge is 0.366 e. The number of carbonyl (C=O) groups is 1. The van der Waals surface area contributed by atoms with Crippen molar-refractivity contribution in [1.82, 2.24) is 9.80 Å². The van der Waals surface area contributed by atoms with Gasteiger partial charge in [0.1, 0.15) is 0 Å². The Morgan fingerprint density at radius 3 is 2.60 bits per heavy atom. The first-order valence-corrected chi connectivity index (χ1v) is 5.73. The SMILES string of the molecule is CC(=O)N1CC2=C(C)CC(C)N2[C@H](C)C1. The molecule has 3 nitrogen and oxygen atoms in total. The van der Waals surface area contributed by atoms with Gasteiger partial charge in [-0.3, -0.25) is 4.79 Å². The van der Waals surface area contributed by atoms with Crippen molar-refractivity contribution in [2.75, 3.05) is 13.1 Å². The first-order valence-electron chi connectivity index (χ1n) is 5.73. The van der Waals surface area contributed by atoms with E-state index in [9.17, 15) is 4.79 Å². The average Bonchev–Trinajstić information content (AvgIpc) is 2.42. The molecule has 1 fully saturated rings. The van der Waals surface area contributed by atoms with Crippen LogP contribution in [-0.4, -0.2) is 40.9 Å². The van der Waals surface area contributed by atoms with Gasteiger partial charge in [0.2, 0.25) is 5.91 Å². The minimum Gasteiger partial charge on any atom is -0.366 e. The predicted molar refractivity (Wildman–Crippen MR) is 60.3 cm³/mol. The molecule has 1 amide bonds. The number of fused-ring (bicyclic) bond motifs is 1. The van der Waals surface area contributed by atoms with Gasteiger partial charge in [-0.1, -0.05) is 5.57 Å². The highest BCUT2D eigenvalue weighted by Gasteiger charge is 2.36. The van der Waals surface area contributed by atoms with Crippen molar-refractivity contribution in [3.63, 3.8) is 0 Å². The van der Waals surface area contributed by atoms with Crippen LogP contribution in [-0.2, 0) is 4.79 Å². The normalized spacial score (nSPS) is 30.9. The molecule has 0 spiro atoms. The van der Waals surface area contributed by atoms with Crippen LogP contribution in [0.25, 0.3) is 0 Å². The minimum atomic E-state index is 0.196. The standard InChI is InChI=1S/C12H20N2O/c1-8-5-9(2)14-10(3)6-13(11(4)15)7-12(8)14/h9-10H,5-7H2,1-4H3/t9?,10-/m1/s1. The Morgan fingerprint density at radius 2 is 2.00 bits per heavy atom. The first-order chi connectivity index (χ1) is 7.00. The molecule has 0 aromatic heterocycles. The lowest BCUT2D eigenvalue weighted by Crippen LogP contribution is -2.52. The third kappa shape index (κ3) is 1.64. The fourth-order valence-electron chi connectivity index (χ4n) is 2.95. The maximum Gasteiger partial charge on any atom is 0.219 e. The second-order valence-electron chi connectivity index (χ2n) is 4.94. The summed E-state index contributed by atoms with van der Waals surface area (Å²) in [4.78, 5) is 15.9. The lowest BCUT2D eigenvalue weighted by atomic mass is 10.1. The van der Waals surface area contributed by atoms with Gasteiger partial charge in [-0.15, -0.1) is 0 Å². The van der Waals surface area contributed by atoms with Crippen LogP contribution in [0, 0.1) is 0 Å². The van der Waals surface area contributed by atoms with Gasteiger partial charge < -0.3 is 9.80 Å². The number of nitrogens with zero attached hydrogens (tertiary/aromatic N) is 2. The quantitative estimate of drug-likeness (QED) is 0.604. The molecule has 15 heavy (non-hydrogen) atoms. The number of hydrogen-bond donors (Lipinski definition) is 0. The molecule has 2 atom stereocenters. The van der Waals surface area contributed by atoms with Crippen LogP contribution in [0.3, 0.4) is 0 Å². The van der Waals surface area contributed by atoms with Crippen LogP contribution in [0.15, 0.2) is 11.3 Å². The molecule has 0 N–H and O–H groups in total. The van der Waals surface area contributed by atoms with Crippen molar-refractivity contribution in [1.29, 1.82) is 0 Å². The van der Waals surface area contributed by atoms with E-state index in [1.165, 1.54) is 11.3 Å². The maximum absolute atomic E-state index is 11.4. The second kappa shape index (κ2) is 3.54. The monoisotopic (exact) mass is 208 g/mol. The lowest BCUT2D eigenvalue weighted by Gasteiger charge is -2.43. The number of piperazine rings is 1. The van der Waals surface area contributed by atoms with Crippen molar-refractivity contribution >= 4 is 5.91 Å².